The lowest BCUT2D eigenvalue weighted by molar-refractivity contribution is -0.124. The second kappa shape index (κ2) is 9.23. The van der Waals surface area contributed by atoms with Gasteiger partial charge in [0.1, 0.15) is 6.54 Å². The average molecular weight is 394 g/mol. The fourth-order valence-electron chi connectivity index (χ4n) is 3.39. The first kappa shape index (κ1) is 20.4. The van der Waals surface area contributed by atoms with Crippen molar-refractivity contribution in [3.05, 3.63) is 64.6 Å². The van der Waals surface area contributed by atoms with Crippen LogP contribution in [0.2, 0.25) is 0 Å². The summed E-state index contributed by atoms with van der Waals surface area (Å²) in [5.74, 6) is -0.689. The maximum atomic E-state index is 12.7. The molecule has 0 aliphatic heterocycles. The number of nitrogens with one attached hydrogen (secondary N) is 2. The van der Waals surface area contributed by atoms with E-state index in [-0.39, 0.29) is 30.6 Å². The molecular weight excluding hydrogens is 368 g/mol. The maximum Gasteiger partial charge on any atom is 0.329 e. The highest BCUT2D eigenvalue weighted by molar-refractivity contribution is 5.95. The number of para-hydroxylation sites is 3. The number of rotatable bonds is 8. The molecule has 2 N–H and O–H groups in total. The zero-order valence-corrected chi connectivity index (χ0v) is 16.8. The quantitative estimate of drug-likeness (QED) is 0.616. The minimum atomic E-state index is -0.384. The van der Waals surface area contributed by atoms with Gasteiger partial charge in [0, 0.05) is 12.2 Å². The van der Waals surface area contributed by atoms with Crippen LogP contribution in [-0.2, 0) is 29.1 Å². The van der Waals surface area contributed by atoms with Gasteiger partial charge in [-0.15, -0.1) is 0 Å². The summed E-state index contributed by atoms with van der Waals surface area (Å²) in [4.78, 5) is 37.3. The van der Waals surface area contributed by atoms with Crippen molar-refractivity contribution in [1.82, 2.24) is 14.5 Å². The molecule has 0 saturated carbocycles. The highest BCUT2D eigenvalue weighted by Crippen LogP contribution is 2.15. The minimum absolute atomic E-state index is 0.130. The Kier molecular flexibility index (Phi) is 6.49. The van der Waals surface area contributed by atoms with Crippen molar-refractivity contribution in [2.24, 2.45) is 0 Å². The maximum absolute atomic E-state index is 12.7. The largest absolute Gasteiger partial charge is 0.345 e. The number of hydrogen-bond donors (Lipinski definition) is 2. The van der Waals surface area contributed by atoms with Crippen LogP contribution in [0, 0.1) is 0 Å². The Balaban J connectivity index is 1.66. The highest BCUT2D eigenvalue weighted by Gasteiger charge is 2.15. The van der Waals surface area contributed by atoms with Gasteiger partial charge in [0.15, 0.2) is 0 Å². The fraction of sp³-hybridized carbons (Fsp3) is 0.318. The van der Waals surface area contributed by atoms with Crippen LogP contribution in [0.25, 0.3) is 11.0 Å². The van der Waals surface area contributed by atoms with Crippen LogP contribution in [0.4, 0.5) is 5.69 Å². The van der Waals surface area contributed by atoms with E-state index in [1.807, 2.05) is 62.4 Å². The number of amides is 2. The molecule has 0 unspecified atom stereocenters. The Morgan fingerprint density at radius 1 is 0.897 bits per heavy atom. The van der Waals surface area contributed by atoms with Crippen LogP contribution in [-0.4, -0.2) is 27.5 Å². The van der Waals surface area contributed by atoms with Crippen molar-refractivity contribution >= 4 is 28.5 Å². The molecule has 0 aliphatic rings. The number of hydrogen-bond acceptors (Lipinski definition) is 3. The lowest BCUT2D eigenvalue weighted by atomic mass is 10.1. The van der Waals surface area contributed by atoms with Crippen molar-refractivity contribution in [2.45, 2.75) is 39.8 Å². The van der Waals surface area contributed by atoms with Crippen LogP contribution >= 0.6 is 0 Å². The van der Waals surface area contributed by atoms with Crippen LogP contribution in [0.3, 0.4) is 0 Å². The third kappa shape index (κ3) is 4.56. The van der Waals surface area contributed by atoms with E-state index in [1.165, 1.54) is 4.57 Å². The fourth-order valence-corrected chi connectivity index (χ4v) is 3.39. The third-order valence-electron chi connectivity index (χ3n) is 4.79. The van der Waals surface area contributed by atoms with Gasteiger partial charge in [0.2, 0.25) is 11.8 Å². The Morgan fingerprint density at radius 3 is 2.24 bits per heavy atom. The van der Waals surface area contributed by atoms with E-state index in [4.69, 9.17) is 0 Å². The van der Waals surface area contributed by atoms with Gasteiger partial charge in [-0.1, -0.05) is 44.2 Å². The van der Waals surface area contributed by atoms with E-state index in [0.717, 1.165) is 29.6 Å². The number of nitrogens with zero attached hydrogens (tertiary/aromatic N) is 2. The molecule has 29 heavy (non-hydrogen) atoms. The lowest BCUT2D eigenvalue weighted by Gasteiger charge is -2.10. The highest BCUT2D eigenvalue weighted by atomic mass is 16.2. The molecule has 0 fully saturated rings. The summed E-state index contributed by atoms with van der Waals surface area (Å²) in [5.41, 5.74) is 3.07. The summed E-state index contributed by atoms with van der Waals surface area (Å²) in [6.07, 6.45) is 1.62. The average Bonchev–Trinajstić information content (AvgIpc) is 2.99. The normalized spacial score (nSPS) is 10.8. The number of aromatic nitrogens is 2. The van der Waals surface area contributed by atoms with Crippen LogP contribution in [0.15, 0.2) is 53.3 Å². The van der Waals surface area contributed by atoms with Crippen molar-refractivity contribution < 1.29 is 9.59 Å². The van der Waals surface area contributed by atoms with Crippen molar-refractivity contribution in [2.75, 3.05) is 11.9 Å². The molecular formula is C22H26N4O3. The monoisotopic (exact) mass is 394 g/mol. The summed E-state index contributed by atoms with van der Waals surface area (Å²) in [6.45, 7) is 4.32. The van der Waals surface area contributed by atoms with Crippen molar-refractivity contribution in [3.8, 4) is 0 Å². The number of aryl methyl sites for hydroxylation is 2. The molecule has 0 spiro atoms. The molecule has 0 saturated heterocycles. The van der Waals surface area contributed by atoms with E-state index in [9.17, 15) is 14.4 Å². The Bertz CT molecular complexity index is 1080. The van der Waals surface area contributed by atoms with Crippen molar-refractivity contribution in [3.63, 3.8) is 0 Å². The summed E-state index contributed by atoms with van der Waals surface area (Å²) in [5, 5.41) is 5.42. The lowest BCUT2D eigenvalue weighted by Crippen LogP contribution is -2.37. The number of carbonyl (C=O) groups excluding carboxylic acids is 2. The van der Waals surface area contributed by atoms with E-state index in [0.29, 0.717) is 12.1 Å². The molecule has 0 bridgehead atoms. The smallest absolute Gasteiger partial charge is 0.329 e. The summed E-state index contributed by atoms with van der Waals surface area (Å²) >= 11 is 0. The molecule has 0 atom stereocenters. The minimum Gasteiger partial charge on any atom is -0.345 e. The van der Waals surface area contributed by atoms with Gasteiger partial charge in [-0.05, 0) is 36.6 Å². The molecule has 1 aromatic heterocycles. The number of carbonyl (C=O) groups is 2. The molecule has 2 amide bonds. The van der Waals surface area contributed by atoms with Gasteiger partial charge in [-0.2, -0.15) is 0 Å². The van der Waals surface area contributed by atoms with Gasteiger partial charge < -0.3 is 10.6 Å². The molecule has 7 nitrogen and oxygen atoms in total. The molecule has 152 valence electrons. The molecule has 2 aromatic carbocycles. The Labute approximate surface area is 169 Å². The zero-order valence-electron chi connectivity index (χ0n) is 16.8. The van der Waals surface area contributed by atoms with Crippen LogP contribution in [0.5, 0.6) is 0 Å². The predicted octanol–water partition coefficient (Wildman–Crippen LogP) is 2.53. The molecule has 3 aromatic rings. The standard InChI is InChI=1S/C22H26N4O3/c1-3-13-25-18-11-7-8-12-19(18)26(22(25)29)15-21(28)23-14-20(27)24-17-10-6-5-9-16(17)4-2/h5-12H,3-4,13-15H2,1-2H3,(H,23,28)(H,24,27). The second-order valence-corrected chi connectivity index (χ2v) is 6.84. The first-order valence-electron chi connectivity index (χ1n) is 9.87. The zero-order chi connectivity index (χ0) is 20.8. The molecule has 7 heteroatoms. The van der Waals surface area contributed by atoms with E-state index in [1.54, 1.807) is 4.57 Å². The number of benzene rings is 2. The third-order valence-corrected chi connectivity index (χ3v) is 4.79. The van der Waals surface area contributed by atoms with Gasteiger partial charge in [-0.3, -0.25) is 18.7 Å². The van der Waals surface area contributed by atoms with Gasteiger partial charge >= 0.3 is 5.69 Å². The van der Waals surface area contributed by atoms with Crippen molar-refractivity contribution in [1.29, 1.82) is 0 Å². The first-order valence-corrected chi connectivity index (χ1v) is 9.87. The van der Waals surface area contributed by atoms with Crippen LogP contribution in [0.1, 0.15) is 25.8 Å². The molecule has 3 rings (SSSR count). The number of fused-ring (bicyclic) bond motifs is 1. The molecule has 0 radical (unpaired) electrons. The molecule has 1 heterocycles. The van der Waals surface area contributed by atoms with Gasteiger partial charge in [-0.25, -0.2) is 4.79 Å². The predicted molar refractivity (Wildman–Crippen MR) is 114 cm³/mol. The first-order chi connectivity index (χ1) is 14.0. The van der Waals surface area contributed by atoms with Gasteiger partial charge in [0.25, 0.3) is 0 Å². The van der Waals surface area contributed by atoms with Gasteiger partial charge in [0.05, 0.1) is 17.6 Å². The van der Waals surface area contributed by atoms with E-state index < -0.39 is 0 Å². The SMILES string of the molecule is CCCn1c(=O)n(CC(=O)NCC(=O)Nc2ccccc2CC)c2ccccc21. The van der Waals surface area contributed by atoms with E-state index in [2.05, 4.69) is 10.6 Å². The number of anilines is 1. The summed E-state index contributed by atoms with van der Waals surface area (Å²) in [7, 11) is 0. The second-order valence-electron chi connectivity index (χ2n) is 6.84. The van der Waals surface area contributed by atoms with Crippen LogP contribution < -0.4 is 16.3 Å². The summed E-state index contributed by atoms with van der Waals surface area (Å²) in [6, 6.07) is 15.0. The number of imidazole rings is 1. The molecule has 0 aliphatic carbocycles. The topological polar surface area (TPSA) is 85.1 Å². The van der Waals surface area contributed by atoms with E-state index >= 15 is 0 Å². The Morgan fingerprint density at radius 2 is 1.55 bits per heavy atom. The summed E-state index contributed by atoms with van der Waals surface area (Å²) < 4.78 is 3.13. The Hall–Kier alpha value is -3.35.